The molecule has 1 aromatic carbocycles. The van der Waals surface area contributed by atoms with Crippen LogP contribution in [0.4, 0.5) is 4.79 Å². The molecule has 0 heterocycles. The summed E-state index contributed by atoms with van der Waals surface area (Å²) < 4.78 is 21.6. The van der Waals surface area contributed by atoms with Crippen LogP contribution in [0.5, 0.6) is 11.5 Å². The summed E-state index contributed by atoms with van der Waals surface area (Å²) >= 11 is 0. The van der Waals surface area contributed by atoms with Crippen molar-refractivity contribution in [2.24, 2.45) is 11.7 Å². The third kappa shape index (κ3) is 10.0. The number of carboxylic acid groups (broad SMARTS) is 1. The van der Waals surface area contributed by atoms with Crippen LogP contribution >= 0.6 is 0 Å². The zero-order valence-corrected chi connectivity index (χ0v) is 22.9. The van der Waals surface area contributed by atoms with Gasteiger partial charge >= 0.3 is 24.1 Å². The fourth-order valence-electron chi connectivity index (χ4n) is 3.52. The second-order valence-electron chi connectivity index (χ2n) is 9.69. The first-order valence-corrected chi connectivity index (χ1v) is 12.7. The Morgan fingerprint density at radius 3 is 1.97 bits per heavy atom. The molecule has 10 heteroatoms. The second kappa shape index (κ2) is 14.6. The smallest absolute Gasteiger partial charge is 0.480 e. The molecular weight excluding hydrogens is 482 g/mol. The predicted molar refractivity (Wildman–Crippen MR) is 136 cm³/mol. The molecule has 0 fully saturated rings. The van der Waals surface area contributed by atoms with Crippen LogP contribution in [0.2, 0.25) is 0 Å². The lowest BCUT2D eigenvalue weighted by Crippen LogP contribution is -2.43. The molecule has 10 nitrogen and oxygen atoms in total. The Morgan fingerprint density at radius 1 is 0.946 bits per heavy atom. The number of hydrogen-bond acceptors (Lipinski definition) is 9. The van der Waals surface area contributed by atoms with Gasteiger partial charge in [-0.3, -0.25) is 14.4 Å². The van der Waals surface area contributed by atoms with E-state index in [0.29, 0.717) is 24.8 Å². The maximum absolute atomic E-state index is 12.3. The predicted octanol–water partition coefficient (Wildman–Crippen LogP) is 4.96. The van der Waals surface area contributed by atoms with Gasteiger partial charge in [0, 0.05) is 24.7 Å². The van der Waals surface area contributed by atoms with Gasteiger partial charge in [0.2, 0.25) is 0 Å². The summed E-state index contributed by atoms with van der Waals surface area (Å²) in [4.78, 5) is 48.6. The summed E-state index contributed by atoms with van der Waals surface area (Å²) in [5, 5.41) is 9.72. The number of ether oxygens (including phenoxy) is 4. The van der Waals surface area contributed by atoms with Gasteiger partial charge in [-0.05, 0) is 57.7 Å². The number of carboxylic acids is 1. The van der Waals surface area contributed by atoms with Crippen LogP contribution in [-0.4, -0.2) is 46.9 Å². The van der Waals surface area contributed by atoms with Crippen molar-refractivity contribution in [2.75, 3.05) is 0 Å². The average Bonchev–Trinajstić information content (AvgIpc) is 2.80. The van der Waals surface area contributed by atoms with Crippen molar-refractivity contribution in [1.82, 2.24) is 0 Å². The summed E-state index contributed by atoms with van der Waals surface area (Å²) in [5.41, 5.74) is 5.77. The SMILES string of the molecule is CCCC(=O)Oc1ccc(C(C(C)C(C)OC(=O)OC(C)(C)CC)[C@H](N)C(=O)O)cc1OC(=O)CCC. The van der Waals surface area contributed by atoms with Crippen molar-refractivity contribution in [1.29, 1.82) is 0 Å². The van der Waals surface area contributed by atoms with Crippen LogP contribution < -0.4 is 15.2 Å². The van der Waals surface area contributed by atoms with Crippen LogP contribution in [-0.2, 0) is 23.9 Å². The van der Waals surface area contributed by atoms with Crippen molar-refractivity contribution in [3.05, 3.63) is 23.8 Å². The Kier molecular flexibility index (Phi) is 12.6. The molecule has 1 aromatic rings. The Hall–Kier alpha value is -3.14. The quantitative estimate of drug-likeness (QED) is 0.253. The highest BCUT2D eigenvalue weighted by Crippen LogP contribution is 2.37. The molecule has 0 aliphatic heterocycles. The van der Waals surface area contributed by atoms with Gasteiger partial charge in [-0.25, -0.2) is 4.79 Å². The van der Waals surface area contributed by atoms with E-state index in [9.17, 15) is 24.3 Å². The number of carbonyl (C=O) groups is 4. The number of aliphatic carboxylic acids is 1. The summed E-state index contributed by atoms with van der Waals surface area (Å²) in [6.07, 6.45) is 0.366. The molecule has 0 aliphatic rings. The molecule has 208 valence electrons. The van der Waals surface area contributed by atoms with Gasteiger partial charge in [0.25, 0.3) is 0 Å². The van der Waals surface area contributed by atoms with E-state index in [0.717, 1.165) is 0 Å². The molecule has 0 saturated carbocycles. The van der Waals surface area contributed by atoms with Crippen LogP contribution in [0.25, 0.3) is 0 Å². The van der Waals surface area contributed by atoms with Gasteiger partial charge in [0.1, 0.15) is 17.7 Å². The maximum atomic E-state index is 12.3. The average molecular weight is 524 g/mol. The fraction of sp³-hybridized carbons (Fsp3) is 0.630. The fourth-order valence-corrected chi connectivity index (χ4v) is 3.52. The monoisotopic (exact) mass is 523 g/mol. The molecule has 0 spiro atoms. The molecule has 3 unspecified atom stereocenters. The lowest BCUT2D eigenvalue weighted by atomic mass is 9.79. The highest BCUT2D eigenvalue weighted by atomic mass is 16.7. The largest absolute Gasteiger partial charge is 0.509 e. The standard InChI is InChI=1S/C27H41NO9/c1-8-11-21(29)35-19-14-13-18(15-20(19)36-22(30)12-9-2)23(24(28)25(31)32)16(4)17(5)34-26(33)37-27(6,7)10-3/h13-17,23-24H,8-12,28H2,1-7H3,(H,31,32)/t16?,17?,23?,24-/m0/s1. The molecule has 0 aromatic heterocycles. The number of benzene rings is 1. The molecule has 0 aliphatic carbocycles. The van der Waals surface area contributed by atoms with Crippen LogP contribution in [0, 0.1) is 5.92 Å². The lowest BCUT2D eigenvalue weighted by molar-refractivity contribution is -0.140. The lowest BCUT2D eigenvalue weighted by Gasteiger charge is -2.32. The summed E-state index contributed by atoms with van der Waals surface area (Å²) in [6, 6.07) is 3.06. The third-order valence-corrected chi connectivity index (χ3v) is 6.18. The third-order valence-electron chi connectivity index (χ3n) is 6.18. The minimum absolute atomic E-state index is 0.0205. The van der Waals surface area contributed by atoms with E-state index < -0.39 is 53.6 Å². The molecule has 3 N–H and O–H groups in total. The Balaban J connectivity index is 3.38. The van der Waals surface area contributed by atoms with Crippen molar-refractivity contribution >= 4 is 24.1 Å². The Bertz CT molecular complexity index is 944. The summed E-state index contributed by atoms with van der Waals surface area (Å²) in [6.45, 7) is 12.3. The second-order valence-corrected chi connectivity index (χ2v) is 9.69. The molecule has 0 bridgehead atoms. The minimum Gasteiger partial charge on any atom is -0.480 e. The van der Waals surface area contributed by atoms with Gasteiger partial charge in [-0.15, -0.1) is 0 Å². The van der Waals surface area contributed by atoms with Gasteiger partial charge in [-0.1, -0.05) is 33.8 Å². The molecular formula is C27H41NO9. The summed E-state index contributed by atoms with van der Waals surface area (Å²) in [7, 11) is 0. The molecule has 37 heavy (non-hydrogen) atoms. The topological polar surface area (TPSA) is 151 Å². The first-order chi connectivity index (χ1) is 17.3. The van der Waals surface area contributed by atoms with Gasteiger partial charge < -0.3 is 29.8 Å². The van der Waals surface area contributed by atoms with E-state index in [1.54, 1.807) is 33.8 Å². The number of hydrogen-bond donors (Lipinski definition) is 2. The number of nitrogens with two attached hydrogens (primary N) is 1. The highest BCUT2D eigenvalue weighted by molar-refractivity contribution is 5.77. The van der Waals surface area contributed by atoms with Crippen LogP contribution in [0.15, 0.2) is 18.2 Å². The zero-order valence-electron chi connectivity index (χ0n) is 22.9. The first kappa shape index (κ1) is 31.9. The van der Waals surface area contributed by atoms with E-state index in [2.05, 4.69) is 0 Å². The van der Waals surface area contributed by atoms with Crippen molar-refractivity contribution < 1.29 is 43.2 Å². The number of carbonyl (C=O) groups excluding carboxylic acids is 3. The van der Waals surface area contributed by atoms with E-state index >= 15 is 0 Å². The minimum atomic E-state index is -1.38. The van der Waals surface area contributed by atoms with Gasteiger partial charge in [0.05, 0.1) is 0 Å². The van der Waals surface area contributed by atoms with Crippen molar-refractivity contribution in [2.45, 2.75) is 104 Å². The van der Waals surface area contributed by atoms with E-state index in [1.165, 1.54) is 12.1 Å². The molecule has 0 amide bonds. The Morgan fingerprint density at radius 2 is 1.49 bits per heavy atom. The van der Waals surface area contributed by atoms with Gasteiger partial charge in [-0.2, -0.15) is 0 Å². The van der Waals surface area contributed by atoms with Gasteiger partial charge in [0.15, 0.2) is 11.5 Å². The maximum Gasteiger partial charge on any atom is 0.509 e. The Labute approximate surface area is 218 Å². The zero-order chi connectivity index (χ0) is 28.3. The molecule has 0 saturated heterocycles. The number of esters is 2. The van der Waals surface area contributed by atoms with Crippen LogP contribution in [0.3, 0.4) is 0 Å². The number of rotatable bonds is 14. The van der Waals surface area contributed by atoms with E-state index in [1.807, 2.05) is 20.8 Å². The van der Waals surface area contributed by atoms with E-state index in [-0.39, 0.29) is 24.3 Å². The molecule has 1 rings (SSSR count). The molecule has 0 radical (unpaired) electrons. The highest BCUT2D eigenvalue weighted by Gasteiger charge is 2.36. The first-order valence-electron chi connectivity index (χ1n) is 12.7. The van der Waals surface area contributed by atoms with E-state index in [4.69, 9.17) is 24.7 Å². The van der Waals surface area contributed by atoms with Crippen LogP contribution in [0.1, 0.15) is 92.1 Å². The normalized spacial score (nSPS) is 14.6. The van der Waals surface area contributed by atoms with Crippen molar-refractivity contribution in [3.8, 4) is 11.5 Å². The van der Waals surface area contributed by atoms with Crippen molar-refractivity contribution in [3.63, 3.8) is 0 Å². The molecule has 4 atom stereocenters. The summed E-state index contributed by atoms with van der Waals surface area (Å²) in [5.74, 6) is -3.71.